The lowest BCUT2D eigenvalue weighted by Gasteiger charge is -2.07. The largest absolute Gasteiger partial charge is 0.496 e. The Hall–Kier alpha value is -1.32. The maximum Gasteiger partial charge on any atom is 0.122 e. The first-order valence-corrected chi connectivity index (χ1v) is 7.67. The molecule has 3 rings (SSSR count). The van der Waals surface area contributed by atoms with Gasteiger partial charge in [-0.1, -0.05) is 34.1 Å². The van der Waals surface area contributed by atoms with Crippen LogP contribution < -0.4 is 4.74 Å². The van der Waals surface area contributed by atoms with Crippen molar-refractivity contribution in [2.45, 2.75) is 6.42 Å². The number of hydrogen-bond acceptors (Lipinski definition) is 2. The Morgan fingerprint density at radius 2 is 1.95 bits per heavy atom. The molecule has 0 fully saturated rings. The molecule has 0 saturated carbocycles. The van der Waals surface area contributed by atoms with Crippen LogP contribution in [0.25, 0.3) is 10.1 Å². The molecule has 0 radical (unpaired) electrons. The Labute approximate surface area is 125 Å². The lowest BCUT2D eigenvalue weighted by Crippen LogP contribution is -1.92. The second kappa shape index (κ2) is 5.35. The summed E-state index contributed by atoms with van der Waals surface area (Å²) in [6.45, 7) is 0. The predicted molar refractivity (Wildman–Crippen MR) is 85.3 cm³/mol. The van der Waals surface area contributed by atoms with Gasteiger partial charge in [0.2, 0.25) is 0 Å². The number of hydrogen-bond donors (Lipinski definition) is 0. The molecule has 3 heteroatoms. The van der Waals surface area contributed by atoms with Gasteiger partial charge in [0, 0.05) is 26.0 Å². The summed E-state index contributed by atoms with van der Waals surface area (Å²) in [5.74, 6) is 0.945. The van der Waals surface area contributed by atoms with Crippen molar-refractivity contribution in [3.8, 4) is 5.75 Å². The zero-order chi connectivity index (χ0) is 13.2. The second-order valence-electron chi connectivity index (χ2n) is 4.38. The summed E-state index contributed by atoms with van der Waals surface area (Å²) in [7, 11) is 1.72. The molecule has 1 nitrogen and oxygen atoms in total. The highest BCUT2D eigenvalue weighted by atomic mass is 79.9. The number of ether oxygens (including phenoxy) is 1. The molecule has 3 aromatic rings. The molecule has 0 bridgehead atoms. The molecule has 0 unspecified atom stereocenters. The van der Waals surface area contributed by atoms with E-state index in [4.69, 9.17) is 4.74 Å². The lowest BCUT2D eigenvalue weighted by atomic mass is 10.1. The van der Waals surface area contributed by atoms with Crippen LogP contribution in [0.4, 0.5) is 0 Å². The van der Waals surface area contributed by atoms with Crippen molar-refractivity contribution in [3.63, 3.8) is 0 Å². The van der Waals surface area contributed by atoms with Gasteiger partial charge in [-0.2, -0.15) is 0 Å². The van der Waals surface area contributed by atoms with Gasteiger partial charge in [-0.05, 0) is 35.7 Å². The summed E-state index contributed by atoms with van der Waals surface area (Å²) >= 11 is 5.37. The van der Waals surface area contributed by atoms with Gasteiger partial charge in [0.15, 0.2) is 0 Å². The summed E-state index contributed by atoms with van der Waals surface area (Å²) in [5, 5.41) is 1.32. The maximum atomic E-state index is 5.43. The van der Waals surface area contributed by atoms with Crippen LogP contribution in [0, 0.1) is 0 Å². The van der Waals surface area contributed by atoms with E-state index in [1.165, 1.54) is 20.5 Å². The highest BCUT2D eigenvalue weighted by molar-refractivity contribution is 9.10. The lowest BCUT2D eigenvalue weighted by molar-refractivity contribution is 0.410. The van der Waals surface area contributed by atoms with Gasteiger partial charge in [0.05, 0.1) is 7.11 Å². The SMILES string of the molecule is COc1ccc(Br)cc1Cc1cc2ccccc2s1. The van der Waals surface area contributed by atoms with Crippen LogP contribution in [0.15, 0.2) is 53.0 Å². The number of fused-ring (bicyclic) bond motifs is 1. The summed E-state index contributed by atoms with van der Waals surface area (Å²) in [6, 6.07) is 16.9. The molecule has 2 aromatic carbocycles. The molecule has 0 spiro atoms. The minimum atomic E-state index is 0.905. The van der Waals surface area contributed by atoms with Crippen LogP contribution in [0.3, 0.4) is 0 Å². The van der Waals surface area contributed by atoms with Crippen molar-refractivity contribution >= 4 is 37.4 Å². The van der Waals surface area contributed by atoms with E-state index in [0.29, 0.717) is 0 Å². The molecule has 0 saturated heterocycles. The molecule has 0 N–H and O–H groups in total. The Morgan fingerprint density at radius 3 is 2.74 bits per heavy atom. The topological polar surface area (TPSA) is 9.23 Å². The van der Waals surface area contributed by atoms with E-state index in [-0.39, 0.29) is 0 Å². The highest BCUT2D eigenvalue weighted by Crippen LogP contribution is 2.31. The summed E-state index contributed by atoms with van der Waals surface area (Å²) < 4.78 is 7.86. The van der Waals surface area contributed by atoms with Crippen molar-refractivity contribution in [1.29, 1.82) is 0 Å². The smallest absolute Gasteiger partial charge is 0.122 e. The fraction of sp³-hybridized carbons (Fsp3) is 0.125. The molecule has 19 heavy (non-hydrogen) atoms. The van der Waals surface area contributed by atoms with Crippen molar-refractivity contribution in [1.82, 2.24) is 0 Å². The van der Waals surface area contributed by atoms with Gasteiger partial charge in [0.1, 0.15) is 5.75 Å². The third-order valence-corrected chi connectivity index (χ3v) is 4.69. The third-order valence-electron chi connectivity index (χ3n) is 3.08. The summed E-state index contributed by atoms with van der Waals surface area (Å²) in [5.41, 5.74) is 1.21. The second-order valence-corrected chi connectivity index (χ2v) is 6.47. The van der Waals surface area contributed by atoms with E-state index in [2.05, 4.69) is 52.3 Å². The number of halogens is 1. The van der Waals surface area contributed by atoms with Gasteiger partial charge >= 0.3 is 0 Å². The Kier molecular flexibility index (Phi) is 3.58. The first kappa shape index (κ1) is 12.7. The van der Waals surface area contributed by atoms with Crippen LogP contribution in [0.1, 0.15) is 10.4 Å². The molecule has 0 amide bonds. The minimum absolute atomic E-state index is 0.905. The van der Waals surface area contributed by atoms with E-state index in [0.717, 1.165) is 16.6 Å². The molecule has 0 aliphatic rings. The fourth-order valence-corrected chi connectivity index (χ4v) is 3.69. The standard InChI is InChI=1S/C16H13BrOS/c1-18-15-7-6-13(17)8-12(15)10-14-9-11-4-2-3-5-16(11)19-14/h2-9H,10H2,1H3. The average Bonchev–Trinajstić information content (AvgIpc) is 2.81. The van der Waals surface area contributed by atoms with E-state index in [1.54, 1.807) is 7.11 Å². The molecule has 0 aliphatic heterocycles. The maximum absolute atomic E-state index is 5.43. The average molecular weight is 333 g/mol. The van der Waals surface area contributed by atoms with Crippen LogP contribution in [-0.4, -0.2) is 7.11 Å². The van der Waals surface area contributed by atoms with Crippen molar-refractivity contribution in [2.24, 2.45) is 0 Å². The van der Waals surface area contributed by atoms with Crippen LogP contribution in [0.2, 0.25) is 0 Å². The van der Waals surface area contributed by atoms with Gasteiger partial charge in [-0.3, -0.25) is 0 Å². The monoisotopic (exact) mass is 332 g/mol. The normalized spacial score (nSPS) is 10.8. The van der Waals surface area contributed by atoms with E-state index in [1.807, 2.05) is 23.5 Å². The quantitative estimate of drug-likeness (QED) is 0.635. The number of methoxy groups -OCH3 is 1. The first-order valence-electron chi connectivity index (χ1n) is 6.06. The molecular formula is C16H13BrOS. The molecule has 1 aromatic heterocycles. The number of thiophene rings is 1. The zero-order valence-corrected chi connectivity index (χ0v) is 12.9. The molecule has 96 valence electrons. The van der Waals surface area contributed by atoms with Crippen molar-refractivity contribution < 1.29 is 4.74 Å². The first-order chi connectivity index (χ1) is 9.26. The van der Waals surface area contributed by atoms with Gasteiger partial charge in [0.25, 0.3) is 0 Å². The van der Waals surface area contributed by atoms with E-state index in [9.17, 15) is 0 Å². The molecule has 1 heterocycles. The molecule has 0 atom stereocenters. The van der Waals surface area contributed by atoms with Crippen LogP contribution in [-0.2, 0) is 6.42 Å². The van der Waals surface area contributed by atoms with Crippen LogP contribution in [0.5, 0.6) is 5.75 Å². The van der Waals surface area contributed by atoms with Crippen molar-refractivity contribution in [2.75, 3.05) is 7.11 Å². The van der Waals surface area contributed by atoms with Gasteiger partial charge < -0.3 is 4.74 Å². The molecular weight excluding hydrogens is 320 g/mol. The highest BCUT2D eigenvalue weighted by Gasteiger charge is 2.07. The third kappa shape index (κ3) is 2.67. The Morgan fingerprint density at radius 1 is 1.11 bits per heavy atom. The number of rotatable bonds is 3. The minimum Gasteiger partial charge on any atom is -0.496 e. The van der Waals surface area contributed by atoms with Crippen molar-refractivity contribution in [3.05, 3.63) is 63.4 Å². The Balaban J connectivity index is 1.98. The zero-order valence-electron chi connectivity index (χ0n) is 10.5. The van der Waals surface area contributed by atoms with Gasteiger partial charge in [-0.25, -0.2) is 0 Å². The Bertz CT molecular complexity index is 685. The summed E-state index contributed by atoms with van der Waals surface area (Å²) in [6.07, 6.45) is 0.905. The number of benzene rings is 2. The van der Waals surface area contributed by atoms with Crippen LogP contribution >= 0.6 is 27.3 Å². The van der Waals surface area contributed by atoms with E-state index < -0.39 is 0 Å². The van der Waals surface area contributed by atoms with E-state index >= 15 is 0 Å². The molecule has 0 aliphatic carbocycles. The fourth-order valence-electron chi connectivity index (χ4n) is 2.20. The van der Waals surface area contributed by atoms with Gasteiger partial charge in [-0.15, -0.1) is 11.3 Å². The predicted octanol–water partition coefficient (Wildman–Crippen LogP) is 5.26. The summed E-state index contributed by atoms with van der Waals surface area (Å²) in [4.78, 5) is 1.36.